The third-order valence-corrected chi connectivity index (χ3v) is 3.88. The smallest absolute Gasteiger partial charge is 0.119 e. The predicted octanol–water partition coefficient (Wildman–Crippen LogP) is 6.24. The molecule has 1 N–H and O–H groups in total. The summed E-state index contributed by atoms with van der Waals surface area (Å²) in [7, 11) is 1.00. The highest BCUT2D eigenvalue weighted by Crippen LogP contribution is 2.14. The first-order valence-electron chi connectivity index (χ1n) is 9.17. The third kappa shape index (κ3) is 12.9. The Morgan fingerprint density at radius 2 is 1.30 bits per heavy atom. The Labute approximate surface area is 143 Å². The number of unbranched alkanes of at least 4 members (excludes halogenated alkanes) is 9. The van der Waals surface area contributed by atoms with Gasteiger partial charge in [0.1, 0.15) is 5.75 Å². The van der Waals surface area contributed by atoms with Gasteiger partial charge in [0.25, 0.3) is 0 Å². The highest BCUT2D eigenvalue weighted by molar-refractivity contribution is 5.48. The maximum atomic E-state index is 7.00. The zero-order chi connectivity index (χ0) is 17.2. The summed E-state index contributed by atoms with van der Waals surface area (Å²) >= 11 is 0. The quantitative estimate of drug-likeness (QED) is 0.436. The molecule has 132 valence electrons. The molecule has 0 atom stereocenters. The highest BCUT2D eigenvalue weighted by atomic mass is 16.5. The van der Waals surface area contributed by atoms with Crippen LogP contribution in [0.4, 0.5) is 0 Å². The average Bonchev–Trinajstić information content (AvgIpc) is 2.62. The second-order valence-electron chi connectivity index (χ2n) is 5.80. The molecular weight excluding hydrogens is 284 g/mol. The molecule has 0 aliphatic rings. The SMILES string of the molecule is C=Cc1ccc(OCCCCCCCCCCCC)cc1.CO. The molecule has 0 aliphatic heterocycles. The fourth-order valence-electron chi connectivity index (χ4n) is 2.48. The van der Waals surface area contributed by atoms with E-state index in [0.717, 1.165) is 25.0 Å². The van der Waals surface area contributed by atoms with Crippen molar-refractivity contribution in [1.82, 2.24) is 0 Å². The summed E-state index contributed by atoms with van der Waals surface area (Å²) in [6, 6.07) is 8.13. The van der Waals surface area contributed by atoms with Gasteiger partial charge in [0.2, 0.25) is 0 Å². The van der Waals surface area contributed by atoms with Gasteiger partial charge in [0.15, 0.2) is 0 Å². The Hall–Kier alpha value is -1.28. The van der Waals surface area contributed by atoms with Gasteiger partial charge >= 0.3 is 0 Å². The Kier molecular flexibility index (Phi) is 16.1. The van der Waals surface area contributed by atoms with E-state index in [2.05, 4.69) is 13.5 Å². The monoisotopic (exact) mass is 320 g/mol. The molecule has 0 saturated carbocycles. The van der Waals surface area contributed by atoms with Crippen molar-refractivity contribution in [3.63, 3.8) is 0 Å². The molecule has 0 spiro atoms. The zero-order valence-corrected chi connectivity index (χ0v) is 15.2. The van der Waals surface area contributed by atoms with E-state index >= 15 is 0 Å². The van der Waals surface area contributed by atoms with Crippen molar-refractivity contribution in [1.29, 1.82) is 0 Å². The zero-order valence-electron chi connectivity index (χ0n) is 15.2. The van der Waals surface area contributed by atoms with E-state index in [1.165, 1.54) is 64.2 Å². The van der Waals surface area contributed by atoms with E-state index in [1.807, 2.05) is 30.3 Å². The maximum absolute atomic E-state index is 7.00. The van der Waals surface area contributed by atoms with E-state index in [1.54, 1.807) is 0 Å². The van der Waals surface area contributed by atoms with Crippen LogP contribution in [0.1, 0.15) is 76.7 Å². The molecule has 0 aliphatic carbocycles. The Bertz CT molecular complexity index is 357. The number of ether oxygens (including phenoxy) is 1. The normalized spacial score (nSPS) is 9.87. The van der Waals surface area contributed by atoms with Crippen LogP contribution in [-0.4, -0.2) is 18.8 Å². The average molecular weight is 321 g/mol. The molecule has 1 aromatic carbocycles. The number of aliphatic hydroxyl groups is 1. The minimum atomic E-state index is 0.837. The number of benzene rings is 1. The molecule has 23 heavy (non-hydrogen) atoms. The number of aliphatic hydroxyl groups excluding tert-OH is 1. The molecule has 2 nitrogen and oxygen atoms in total. The molecule has 0 aromatic heterocycles. The molecule has 2 heteroatoms. The van der Waals surface area contributed by atoms with Crippen LogP contribution < -0.4 is 4.74 Å². The van der Waals surface area contributed by atoms with Crippen LogP contribution in [-0.2, 0) is 0 Å². The summed E-state index contributed by atoms with van der Waals surface area (Å²) in [5.41, 5.74) is 1.14. The molecular formula is C21H36O2. The predicted molar refractivity (Wildman–Crippen MR) is 102 cm³/mol. The van der Waals surface area contributed by atoms with Crippen LogP contribution >= 0.6 is 0 Å². The molecule has 0 fully saturated rings. The number of rotatable bonds is 13. The third-order valence-electron chi connectivity index (χ3n) is 3.88. The van der Waals surface area contributed by atoms with E-state index < -0.39 is 0 Å². The topological polar surface area (TPSA) is 29.5 Å². The Balaban J connectivity index is 0.00000232. The van der Waals surface area contributed by atoms with Crippen molar-refractivity contribution in [3.8, 4) is 5.75 Å². The van der Waals surface area contributed by atoms with E-state index in [4.69, 9.17) is 9.84 Å². The summed E-state index contributed by atoms with van der Waals surface area (Å²) in [6.07, 6.45) is 15.5. The van der Waals surface area contributed by atoms with Crippen molar-refractivity contribution in [3.05, 3.63) is 36.4 Å². The fraction of sp³-hybridized carbons (Fsp3) is 0.619. The maximum Gasteiger partial charge on any atom is 0.119 e. The van der Waals surface area contributed by atoms with Crippen molar-refractivity contribution in [2.75, 3.05) is 13.7 Å². The Morgan fingerprint density at radius 3 is 1.78 bits per heavy atom. The van der Waals surface area contributed by atoms with Gasteiger partial charge in [-0.05, 0) is 24.1 Å². The highest BCUT2D eigenvalue weighted by Gasteiger charge is 1.95. The van der Waals surface area contributed by atoms with Gasteiger partial charge in [-0.1, -0.05) is 89.5 Å². The van der Waals surface area contributed by atoms with Crippen molar-refractivity contribution < 1.29 is 9.84 Å². The first-order valence-corrected chi connectivity index (χ1v) is 9.17. The summed E-state index contributed by atoms with van der Waals surface area (Å²) in [5.74, 6) is 0.969. The lowest BCUT2D eigenvalue weighted by molar-refractivity contribution is 0.304. The van der Waals surface area contributed by atoms with Gasteiger partial charge in [0, 0.05) is 7.11 Å². The van der Waals surface area contributed by atoms with Gasteiger partial charge in [0.05, 0.1) is 6.61 Å². The molecule has 0 unspecified atom stereocenters. The van der Waals surface area contributed by atoms with Crippen LogP contribution in [0.3, 0.4) is 0 Å². The molecule has 1 rings (SSSR count). The second kappa shape index (κ2) is 17.1. The molecule has 0 radical (unpaired) electrons. The van der Waals surface area contributed by atoms with Gasteiger partial charge in [-0.15, -0.1) is 0 Å². The van der Waals surface area contributed by atoms with Crippen LogP contribution in [0.25, 0.3) is 6.08 Å². The van der Waals surface area contributed by atoms with Crippen molar-refractivity contribution in [2.24, 2.45) is 0 Å². The number of hydrogen-bond acceptors (Lipinski definition) is 2. The summed E-state index contributed by atoms with van der Waals surface area (Å²) in [6.45, 7) is 6.86. The van der Waals surface area contributed by atoms with Gasteiger partial charge < -0.3 is 9.84 Å². The van der Waals surface area contributed by atoms with Crippen LogP contribution in [0.2, 0.25) is 0 Å². The van der Waals surface area contributed by atoms with E-state index in [0.29, 0.717) is 0 Å². The summed E-state index contributed by atoms with van der Waals surface area (Å²) in [5, 5.41) is 7.00. The minimum Gasteiger partial charge on any atom is -0.494 e. The van der Waals surface area contributed by atoms with Gasteiger partial charge in [-0.3, -0.25) is 0 Å². The second-order valence-corrected chi connectivity index (χ2v) is 5.80. The fourth-order valence-corrected chi connectivity index (χ4v) is 2.48. The lowest BCUT2D eigenvalue weighted by Crippen LogP contribution is -1.97. The molecule has 0 heterocycles. The number of hydrogen-bond donors (Lipinski definition) is 1. The van der Waals surface area contributed by atoms with Crippen LogP contribution in [0, 0.1) is 0 Å². The van der Waals surface area contributed by atoms with Crippen LogP contribution in [0.5, 0.6) is 5.75 Å². The van der Waals surface area contributed by atoms with E-state index in [9.17, 15) is 0 Å². The summed E-state index contributed by atoms with van der Waals surface area (Å²) < 4.78 is 5.74. The van der Waals surface area contributed by atoms with E-state index in [-0.39, 0.29) is 0 Å². The molecule has 0 bridgehead atoms. The van der Waals surface area contributed by atoms with Gasteiger partial charge in [-0.2, -0.15) is 0 Å². The minimum absolute atomic E-state index is 0.837. The molecule has 0 amide bonds. The first kappa shape index (κ1) is 21.7. The molecule has 1 aromatic rings. The standard InChI is InChI=1S/C20H32O.CH4O/c1-3-5-6-7-8-9-10-11-12-13-18-21-20-16-14-19(4-2)15-17-20;1-2/h4,14-17H,2-3,5-13,18H2,1H3;2H,1H3. The summed E-state index contributed by atoms with van der Waals surface area (Å²) in [4.78, 5) is 0. The van der Waals surface area contributed by atoms with Gasteiger partial charge in [-0.25, -0.2) is 0 Å². The lowest BCUT2D eigenvalue weighted by atomic mass is 10.1. The molecule has 0 saturated heterocycles. The largest absolute Gasteiger partial charge is 0.494 e. The van der Waals surface area contributed by atoms with Crippen molar-refractivity contribution in [2.45, 2.75) is 71.1 Å². The van der Waals surface area contributed by atoms with Crippen LogP contribution in [0.15, 0.2) is 30.8 Å². The van der Waals surface area contributed by atoms with Crippen molar-refractivity contribution >= 4 is 6.08 Å². The Morgan fingerprint density at radius 1 is 0.826 bits per heavy atom. The first-order chi connectivity index (χ1) is 11.4. The lowest BCUT2D eigenvalue weighted by Gasteiger charge is -2.06.